The van der Waals surface area contributed by atoms with Crippen LogP contribution in [-0.4, -0.2) is 40.3 Å². The minimum absolute atomic E-state index is 0.00779. The lowest BCUT2D eigenvalue weighted by Gasteiger charge is -2.15. The summed E-state index contributed by atoms with van der Waals surface area (Å²) in [5.74, 6) is -0.345. The first kappa shape index (κ1) is 30.3. The minimum atomic E-state index is -4.62. The van der Waals surface area contributed by atoms with E-state index in [9.17, 15) is 22.4 Å². The van der Waals surface area contributed by atoms with Gasteiger partial charge in [-0.05, 0) is 54.8 Å². The van der Waals surface area contributed by atoms with E-state index >= 15 is 0 Å². The molecule has 7 nitrogen and oxygen atoms in total. The molecule has 0 bridgehead atoms. The summed E-state index contributed by atoms with van der Waals surface area (Å²) in [6.07, 6.45) is -2.04. The number of rotatable bonds is 9. The highest BCUT2D eigenvalue weighted by molar-refractivity contribution is 5.93. The number of pyridine rings is 1. The van der Waals surface area contributed by atoms with Crippen molar-refractivity contribution in [1.82, 2.24) is 14.5 Å². The van der Waals surface area contributed by atoms with Crippen LogP contribution in [0, 0.1) is 5.82 Å². The van der Waals surface area contributed by atoms with Crippen molar-refractivity contribution in [2.75, 3.05) is 13.7 Å². The molecule has 0 radical (unpaired) electrons. The maximum Gasteiger partial charge on any atom is 0.416 e. The van der Waals surface area contributed by atoms with Gasteiger partial charge in [0, 0.05) is 30.2 Å². The summed E-state index contributed by atoms with van der Waals surface area (Å²) < 4.78 is 71.3. The van der Waals surface area contributed by atoms with E-state index in [-0.39, 0.29) is 24.2 Å². The largest absolute Gasteiger partial charge is 0.473 e. The molecular weight excluding hydrogens is 590 g/mol. The second-order valence-corrected chi connectivity index (χ2v) is 10.8. The van der Waals surface area contributed by atoms with Crippen LogP contribution in [0.15, 0.2) is 78.9 Å². The zero-order chi connectivity index (χ0) is 31.6. The SMILES string of the molecule is COC(=O)c1ccc2nc(Cc3ccc(-c4cccc(OCc5ccc(C(F)(F)F)cc5F)n4)cc3)n(C[C@@H]3CCCO3)c2c1. The fourth-order valence-electron chi connectivity index (χ4n) is 5.37. The number of methoxy groups -OCH3 is 1. The number of fused-ring (bicyclic) bond motifs is 1. The van der Waals surface area contributed by atoms with Crippen molar-refractivity contribution >= 4 is 17.0 Å². The molecule has 6 rings (SSSR count). The third-order valence-electron chi connectivity index (χ3n) is 7.75. The fourth-order valence-corrected chi connectivity index (χ4v) is 5.37. The summed E-state index contributed by atoms with van der Waals surface area (Å²) in [4.78, 5) is 21.6. The van der Waals surface area contributed by atoms with Crippen molar-refractivity contribution in [2.24, 2.45) is 0 Å². The third kappa shape index (κ3) is 6.83. The molecule has 232 valence electrons. The predicted molar refractivity (Wildman–Crippen MR) is 158 cm³/mol. The van der Waals surface area contributed by atoms with E-state index in [0.29, 0.717) is 30.3 Å². The van der Waals surface area contributed by atoms with Crippen molar-refractivity contribution in [1.29, 1.82) is 0 Å². The molecule has 3 aromatic carbocycles. The van der Waals surface area contributed by atoms with Crippen molar-refractivity contribution in [2.45, 2.75) is 44.7 Å². The monoisotopic (exact) mass is 619 g/mol. The van der Waals surface area contributed by atoms with Gasteiger partial charge in [-0.1, -0.05) is 36.4 Å². The molecule has 1 saturated heterocycles. The Kier molecular flexibility index (Phi) is 8.53. The van der Waals surface area contributed by atoms with E-state index in [1.807, 2.05) is 36.4 Å². The number of benzene rings is 3. The standard InChI is InChI=1S/C34H29F4N3O4/c1-43-33(42)23-12-14-29-30(17-23)41(19-26-4-3-15-44-26)31(39-29)16-21-7-9-22(10-8-21)28-5-2-6-32(40-28)45-20-24-11-13-25(18-27(24)35)34(36,37)38/h2,5-14,17-18,26H,3-4,15-16,19-20H2,1H3/t26-/m0/s1. The zero-order valence-electron chi connectivity index (χ0n) is 24.3. The molecule has 0 aliphatic carbocycles. The summed E-state index contributed by atoms with van der Waals surface area (Å²) in [5.41, 5.74) is 3.47. The van der Waals surface area contributed by atoms with Gasteiger partial charge in [0.15, 0.2) is 0 Å². The number of carbonyl (C=O) groups is 1. The Morgan fingerprint density at radius 3 is 2.56 bits per heavy atom. The number of halogens is 4. The van der Waals surface area contributed by atoms with Crippen LogP contribution in [0.3, 0.4) is 0 Å². The number of ether oxygens (including phenoxy) is 3. The first-order valence-corrected chi connectivity index (χ1v) is 14.4. The molecule has 0 N–H and O–H groups in total. The van der Waals surface area contributed by atoms with Crippen LogP contribution in [0.25, 0.3) is 22.3 Å². The molecule has 3 heterocycles. The number of hydrogen-bond donors (Lipinski definition) is 0. The molecule has 1 fully saturated rings. The van der Waals surface area contributed by atoms with Crippen LogP contribution in [0.4, 0.5) is 17.6 Å². The van der Waals surface area contributed by atoms with Gasteiger partial charge in [0.25, 0.3) is 0 Å². The Hall–Kier alpha value is -4.77. The van der Waals surface area contributed by atoms with Gasteiger partial charge >= 0.3 is 12.1 Å². The summed E-state index contributed by atoms with van der Waals surface area (Å²) in [5, 5.41) is 0. The van der Waals surface area contributed by atoms with Gasteiger partial charge in [-0.3, -0.25) is 0 Å². The van der Waals surface area contributed by atoms with Gasteiger partial charge in [-0.2, -0.15) is 13.2 Å². The average Bonchev–Trinajstić information content (AvgIpc) is 3.68. The molecule has 1 aliphatic heterocycles. The smallest absolute Gasteiger partial charge is 0.416 e. The van der Waals surface area contributed by atoms with E-state index in [1.165, 1.54) is 7.11 Å². The Labute approximate surface area is 256 Å². The fraction of sp³-hybridized carbons (Fsp3) is 0.265. The van der Waals surface area contributed by atoms with Crippen molar-refractivity contribution in [3.8, 4) is 17.1 Å². The molecule has 0 spiro atoms. The van der Waals surface area contributed by atoms with Crippen molar-refractivity contribution in [3.63, 3.8) is 0 Å². The average molecular weight is 620 g/mol. The lowest BCUT2D eigenvalue weighted by atomic mass is 10.1. The number of hydrogen-bond acceptors (Lipinski definition) is 6. The second kappa shape index (κ2) is 12.7. The normalized spacial score (nSPS) is 15.0. The van der Waals surface area contributed by atoms with Crippen LogP contribution < -0.4 is 4.74 Å². The molecule has 1 aliphatic rings. The van der Waals surface area contributed by atoms with Crippen LogP contribution in [-0.2, 0) is 35.2 Å². The van der Waals surface area contributed by atoms with E-state index in [2.05, 4.69) is 9.55 Å². The minimum Gasteiger partial charge on any atom is -0.473 e. The Balaban J connectivity index is 1.19. The van der Waals surface area contributed by atoms with Gasteiger partial charge in [0.1, 0.15) is 18.2 Å². The number of nitrogens with zero attached hydrogens (tertiary/aromatic N) is 3. The first-order valence-electron chi connectivity index (χ1n) is 14.4. The van der Waals surface area contributed by atoms with Crippen LogP contribution >= 0.6 is 0 Å². The maximum absolute atomic E-state index is 14.2. The van der Waals surface area contributed by atoms with Crippen LogP contribution in [0.2, 0.25) is 0 Å². The predicted octanol–water partition coefficient (Wildman–Crippen LogP) is 7.39. The lowest BCUT2D eigenvalue weighted by Crippen LogP contribution is -2.17. The Bertz CT molecular complexity index is 1830. The topological polar surface area (TPSA) is 75.5 Å². The lowest BCUT2D eigenvalue weighted by molar-refractivity contribution is -0.137. The van der Waals surface area contributed by atoms with Gasteiger partial charge in [-0.15, -0.1) is 0 Å². The van der Waals surface area contributed by atoms with Crippen LogP contribution in [0.1, 0.15) is 45.7 Å². The Morgan fingerprint density at radius 1 is 1.02 bits per heavy atom. The molecule has 2 aromatic heterocycles. The second-order valence-electron chi connectivity index (χ2n) is 10.8. The zero-order valence-corrected chi connectivity index (χ0v) is 24.3. The highest BCUT2D eigenvalue weighted by atomic mass is 19.4. The van der Waals surface area contributed by atoms with Crippen LogP contribution in [0.5, 0.6) is 5.88 Å². The third-order valence-corrected chi connectivity index (χ3v) is 7.75. The summed E-state index contributed by atoms with van der Waals surface area (Å²) in [6.45, 7) is 1.09. The van der Waals surface area contributed by atoms with Gasteiger partial charge in [0.05, 0.1) is 47.6 Å². The first-order chi connectivity index (χ1) is 21.7. The van der Waals surface area contributed by atoms with Crippen molar-refractivity contribution in [3.05, 3.63) is 113 Å². The summed E-state index contributed by atoms with van der Waals surface area (Å²) in [7, 11) is 1.36. The molecule has 1 atom stereocenters. The van der Waals surface area contributed by atoms with E-state index in [4.69, 9.17) is 19.2 Å². The number of carbonyl (C=O) groups excluding carboxylic acids is 1. The molecule has 5 aromatic rings. The van der Waals surface area contributed by atoms with Gasteiger partial charge < -0.3 is 18.8 Å². The Morgan fingerprint density at radius 2 is 1.84 bits per heavy atom. The maximum atomic E-state index is 14.2. The van der Waals surface area contributed by atoms with E-state index in [0.717, 1.165) is 59.6 Å². The van der Waals surface area contributed by atoms with Gasteiger partial charge in [0.2, 0.25) is 5.88 Å². The quantitative estimate of drug-likeness (QED) is 0.127. The number of alkyl halides is 3. The molecule has 11 heteroatoms. The molecule has 0 saturated carbocycles. The molecular formula is C34H29F4N3O4. The highest BCUT2D eigenvalue weighted by Crippen LogP contribution is 2.31. The molecule has 0 amide bonds. The number of esters is 1. The number of aromatic nitrogens is 3. The van der Waals surface area contributed by atoms with Crippen molar-refractivity contribution < 1.29 is 36.6 Å². The number of imidazole rings is 1. The summed E-state index contributed by atoms with van der Waals surface area (Å²) >= 11 is 0. The van der Waals surface area contributed by atoms with E-state index < -0.39 is 23.5 Å². The van der Waals surface area contributed by atoms with E-state index in [1.54, 1.807) is 24.3 Å². The molecule has 45 heavy (non-hydrogen) atoms. The van der Waals surface area contributed by atoms with Gasteiger partial charge in [-0.25, -0.2) is 19.2 Å². The summed E-state index contributed by atoms with van der Waals surface area (Å²) in [6, 6.07) is 20.7. The molecule has 0 unspecified atom stereocenters. The highest BCUT2D eigenvalue weighted by Gasteiger charge is 2.31.